The molecule has 3 nitrogen and oxygen atoms in total. The SMILES string of the molecule is Cc1ccc2c(oc3ncccc32)c1-c1cc(-c2ccccc2)ccn1. The molecule has 5 aromatic rings. The minimum absolute atomic E-state index is 0.661. The van der Waals surface area contributed by atoms with Crippen molar-refractivity contribution in [1.82, 2.24) is 9.97 Å². The van der Waals surface area contributed by atoms with Gasteiger partial charge < -0.3 is 4.42 Å². The van der Waals surface area contributed by atoms with E-state index in [0.29, 0.717) is 5.71 Å². The third kappa shape index (κ3) is 2.29. The van der Waals surface area contributed by atoms with Gasteiger partial charge in [0.1, 0.15) is 5.58 Å². The van der Waals surface area contributed by atoms with Crippen molar-refractivity contribution in [3.63, 3.8) is 0 Å². The molecule has 0 bridgehead atoms. The average Bonchev–Trinajstić information content (AvgIpc) is 3.07. The second-order valence-corrected chi connectivity index (χ2v) is 6.39. The molecule has 0 aliphatic heterocycles. The van der Waals surface area contributed by atoms with Crippen molar-refractivity contribution < 1.29 is 4.42 Å². The van der Waals surface area contributed by atoms with Gasteiger partial charge in [-0.2, -0.15) is 0 Å². The van der Waals surface area contributed by atoms with Crippen LogP contribution in [0, 0.1) is 6.92 Å². The zero-order valence-corrected chi connectivity index (χ0v) is 14.3. The smallest absolute Gasteiger partial charge is 0.227 e. The predicted molar refractivity (Wildman–Crippen MR) is 105 cm³/mol. The molecule has 3 heterocycles. The molecule has 0 atom stereocenters. The van der Waals surface area contributed by atoms with E-state index in [2.05, 4.69) is 47.2 Å². The Kier molecular flexibility index (Phi) is 3.32. The first-order chi connectivity index (χ1) is 12.8. The summed E-state index contributed by atoms with van der Waals surface area (Å²) in [6, 6.07) is 22.7. The van der Waals surface area contributed by atoms with Gasteiger partial charge >= 0.3 is 0 Å². The Balaban J connectivity index is 1.78. The number of hydrogen-bond donors (Lipinski definition) is 0. The Labute approximate surface area is 151 Å². The molecule has 124 valence electrons. The van der Waals surface area contributed by atoms with Gasteiger partial charge in [0.25, 0.3) is 0 Å². The number of furan rings is 1. The fourth-order valence-electron chi connectivity index (χ4n) is 3.47. The first kappa shape index (κ1) is 14.8. The monoisotopic (exact) mass is 336 g/mol. The molecule has 0 spiro atoms. The van der Waals surface area contributed by atoms with Crippen molar-refractivity contribution >= 4 is 22.1 Å². The number of fused-ring (bicyclic) bond motifs is 3. The number of hydrogen-bond acceptors (Lipinski definition) is 3. The standard InChI is InChI=1S/C23H16N2O/c1-15-9-10-18-19-8-5-12-25-23(19)26-22(18)21(15)20-14-17(11-13-24-20)16-6-3-2-4-7-16/h2-14H,1H3. The number of aromatic nitrogens is 2. The summed E-state index contributed by atoms with van der Waals surface area (Å²) in [5.74, 6) is 0. The zero-order valence-electron chi connectivity index (χ0n) is 14.3. The second-order valence-electron chi connectivity index (χ2n) is 6.39. The summed E-state index contributed by atoms with van der Waals surface area (Å²) >= 11 is 0. The van der Waals surface area contributed by atoms with Crippen molar-refractivity contribution in [2.75, 3.05) is 0 Å². The van der Waals surface area contributed by atoms with Crippen LogP contribution < -0.4 is 0 Å². The fraction of sp³-hybridized carbons (Fsp3) is 0.0435. The molecule has 0 N–H and O–H groups in total. The van der Waals surface area contributed by atoms with Gasteiger partial charge in [-0.05, 0) is 47.9 Å². The molecule has 0 saturated heterocycles. The summed E-state index contributed by atoms with van der Waals surface area (Å²) < 4.78 is 6.11. The number of benzene rings is 2. The average molecular weight is 336 g/mol. The van der Waals surface area contributed by atoms with E-state index in [1.54, 1.807) is 6.20 Å². The van der Waals surface area contributed by atoms with Crippen LogP contribution in [0.2, 0.25) is 0 Å². The lowest BCUT2D eigenvalue weighted by atomic mass is 9.99. The van der Waals surface area contributed by atoms with Crippen molar-refractivity contribution in [3.8, 4) is 22.4 Å². The van der Waals surface area contributed by atoms with E-state index in [4.69, 9.17) is 4.42 Å². The van der Waals surface area contributed by atoms with Gasteiger partial charge in [0.2, 0.25) is 5.71 Å². The van der Waals surface area contributed by atoms with Crippen molar-refractivity contribution in [3.05, 3.63) is 84.7 Å². The highest BCUT2D eigenvalue weighted by Gasteiger charge is 2.16. The maximum absolute atomic E-state index is 6.11. The lowest BCUT2D eigenvalue weighted by Crippen LogP contribution is -1.89. The molecule has 26 heavy (non-hydrogen) atoms. The van der Waals surface area contributed by atoms with E-state index in [-0.39, 0.29) is 0 Å². The van der Waals surface area contributed by atoms with E-state index in [1.807, 2.05) is 42.6 Å². The highest BCUT2D eigenvalue weighted by atomic mass is 16.3. The maximum Gasteiger partial charge on any atom is 0.227 e. The van der Waals surface area contributed by atoms with Crippen LogP contribution in [0.4, 0.5) is 0 Å². The van der Waals surface area contributed by atoms with Crippen LogP contribution in [-0.4, -0.2) is 9.97 Å². The highest BCUT2D eigenvalue weighted by Crippen LogP contribution is 2.37. The molecule has 0 fully saturated rings. The molecule has 0 saturated carbocycles. The minimum atomic E-state index is 0.661. The molecule has 0 unspecified atom stereocenters. The number of rotatable bonds is 2. The van der Waals surface area contributed by atoms with Crippen LogP contribution in [0.3, 0.4) is 0 Å². The first-order valence-electron chi connectivity index (χ1n) is 8.60. The largest absolute Gasteiger partial charge is 0.437 e. The third-order valence-corrected chi connectivity index (χ3v) is 4.75. The lowest BCUT2D eigenvalue weighted by molar-refractivity contribution is 0.654. The fourth-order valence-corrected chi connectivity index (χ4v) is 3.47. The van der Waals surface area contributed by atoms with E-state index in [1.165, 1.54) is 5.56 Å². The van der Waals surface area contributed by atoms with Crippen LogP contribution in [0.15, 0.2) is 83.5 Å². The predicted octanol–water partition coefficient (Wildman–Crippen LogP) is 6.02. The first-order valence-corrected chi connectivity index (χ1v) is 8.60. The van der Waals surface area contributed by atoms with E-state index >= 15 is 0 Å². The summed E-state index contributed by atoms with van der Waals surface area (Å²) in [4.78, 5) is 9.00. The number of pyridine rings is 2. The normalized spacial score (nSPS) is 11.3. The van der Waals surface area contributed by atoms with Crippen LogP contribution in [0.25, 0.3) is 44.5 Å². The number of nitrogens with zero attached hydrogens (tertiary/aromatic N) is 2. The highest BCUT2D eigenvalue weighted by molar-refractivity contribution is 6.09. The van der Waals surface area contributed by atoms with E-state index < -0.39 is 0 Å². The Hall–Kier alpha value is -3.46. The van der Waals surface area contributed by atoms with Crippen molar-refractivity contribution in [2.45, 2.75) is 6.92 Å². The molecule has 2 aromatic carbocycles. The molecule has 0 aliphatic rings. The molecule has 0 radical (unpaired) electrons. The van der Waals surface area contributed by atoms with E-state index in [0.717, 1.165) is 38.7 Å². The maximum atomic E-state index is 6.11. The summed E-state index contributed by atoms with van der Waals surface area (Å²) in [7, 11) is 0. The summed E-state index contributed by atoms with van der Waals surface area (Å²) in [6.07, 6.45) is 3.61. The molecular formula is C23H16N2O. The van der Waals surface area contributed by atoms with E-state index in [9.17, 15) is 0 Å². The van der Waals surface area contributed by atoms with Crippen LogP contribution in [0.1, 0.15) is 5.56 Å². The lowest BCUT2D eigenvalue weighted by Gasteiger charge is -2.08. The summed E-state index contributed by atoms with van der Waals surface area (Å²) in [5, 5.41) is 2.10. The Bertz CT molecular complexity index is 1240. The molecule has 5 rings (SSSR count). The van der Waals surface area contributed by atoms with Crippen molar-refractivity contribution in [2.24, 2.45) is 0 Å². The van der Waals surface area contributed by atoms with Gasteiger partial charge in [0.05, 0.1) is 5.69 Å². The summed E-state index contributed by atoms with van der Waals surface area (Å²) in [6.45, 7) is 2.09. The van der Waals surface area contributed by atoms with Gasteiger partial charge in [-0.25, -0.2) is 4.98 Å². The molecule has 0 aliphatic carbocycles. The van der Waals surface area contributed by atoms with Gasteiger partial charge in [-0.15, -0.1) is 0 Å². The Morgan fingerprint density at radius 1 is 0.731 bits per heavy atom. The van der Waals surface area contributed by atoms with Gasteiger partial charge in [-0.1, -0.05) is 42.5 Å². The van der Waals surface area contributed by atoms with Crippen LogP contribution in [-0.2, 0) is 0 Å². The van der Waals surface area contributed by atoms with Crippen molar-refractivity contribution in [1.29, 1.82) is 0 Å². The molecular weight excluding hydrogens is 320 g/mol. The second kappa shape index (κ2) is 5.81. The van der Waals surface area contributed by atoms with Crippen LogP contribution >= 0.6 is 0 Å². The quantitative estimate of drug-likeness (QED) is 0.396. The Morgan fingerprint density at radius 2 is 1.62 bits per heavy atom. The molecule has 0 amide bonds. The zero-order chi connectivity index (χ0) is 17.5. The van der Waals surface area contributed by atoms with Crippen LogP contribution in [0.5, 0.6) is 0 Å². The Morgan fingerprint density at radius 3 is 2.50 bits per heavy atom. The minimum Gasteiger partial charge on any atom is -0.437 e. The molecule has 3 aromatic heterocycles. The van der Waals surface area contributed by atoms with Gasteiger partial charge in [0, 0.05) is 28.7 Å². The topological polar surface area (TPSA) is 38.9 Å². The van der Waals surface area contributed by atoms with Gasteiger partial charge in [-0.3, -0.25) is 4.98 Å². The van der Waals surface area contributed by atoms with Gasteiger partial charge in [0.15, 0.2) is 0 Å². The summed E-state index contributed by atoms with van der Waals surface area (Å²) in [5.41, 5.74) is 6.89. The number of aryl methyl sites for hydroxylation is 1. The third-order valence-electron chi connectivity index (χ3n) is 4.75. The molecule has 3 heteroatoms.